The lowest BCUT2D eigenvalue weighted by atomic mass is 9.48. The van der Waals surface area contributed by atoms with Crippen molar-refractivity contribution in [2.45, 2.75) is 64.2 Å². The average molecular weight is 447 g/mol. The number of amidine groups is 1. The lowest BCUT2D eigenvalue weighted by molar-refractivity contribution is -0.166. The van der Waals surface area contributed by atoms with Crippen molar-refractivity contribution in [3.05, 3.63) is 42.1 Å². The van der Waals surface area contributed by atoms with Crippen LogP contribution < -0.4 is 5.32 Å². The van der Waals surface area contributed by atoms with Crippen LogP contribution in [0.4, 0.5) is 0 Å². The van der Waals surface area contributed by atoms with Gasteiger partial charge in [-0.1, -0.05) is 24.3 Å². The van der Waals surface area contributed by atoms with Crippen molar-refractivity contribution in [1.82, 2.24) is 10.3 Å². The Morgan fingerprint density at radius 1 is 1.24 bits per heavy atom. The van der Waals surface area contributed by atoms with E-state index >= 15 is 0 Å². The second-order valence-corrected chi connectivity index (χ2v) is 10.6. The minimum Gasteiger partial charge on any atom is -0.481 e. The molecule has 172 valence electrons. The third kappa shape index (κ3) is 3.97. The Morgan fingerprint density at radius 3 is 2.67 bits per heavy atom. The summed E-state index contributed by atoms with van der Waals surface area (Å²) in [6.07, 6.45) is 6.25. The van der Waals surface area contributed by atoms with Gasteiger partial charge in [-0.2, -0.15) is 10.3 Å². The van der Waals surface area contributed by atoms with E-state index in [0.717, 1.165) is 35.9 Å². The minimum absolute atomic E-state index is 0.128. The van der Waals surface area contributed by atoms with Gasteiger partial charge in [0.2, 0.25) is 6.19 Å². The minimum atomic E-state index is -0.817. The first kappa shape index (κ1) is 21.8. The number of rotatable bonds is 6. The molecule has 7 heteroatoms. The number of carbonyl (C=O) groups is 1. The molecule has 0 amide bonds. The van der Waals surface area contributed by atoms with Crippen LogP contribution >= 0.6 is 0 Å². The van der Waals surface area contributed by atoms with Crippen molar-refractivity contribution < 1.29 is 14.6 Å². The van der Waals surface area contributed by atoms with Crippen LogP contribution in [0, 0.1) is 34.6 Å². The summed E-state index contributed by atoms with van der Waals surface area (Å²) in [5.41, 5.74) is 0.356. The van der Waals surface area contributed by atoms with Crippen molar-refractivity contribution in [3.8, 4) is 6.19 Å². The Balaban J connectivity index is 1.30. The number of ether oxygens (including phenoxy) is 1. The lowest BCUT2D eigenvalue weighted by Crippen LogP contribution is -2.62. The van der Waals surface area contributed by atoms with E-state index in [0.29, 0.717) is 31.2 Å². The zero-order chi connectivity index (χ0) is 23.2. The summed E-state index contributed by atoms with van der Waals surface area (Å²) < 4.78 is 6.23. The Bertz CT molecular complexity index is 1140. The molecule has 7 nitrogen and oxygen atoms in total. The largest absolute Gasteiger partial charge is 0.481 e. The normalized spacial score (nSPS) is 30.9. The number of nitrogens with one attached hydrogen (secondary N) is 1. The molecular formula is C26H30N4O3. The summed E-state index contributed by atoms with van der Waals surface area (Å²) in [4.78, 5) is 20.8. The number of pyridine rings is 1. The Labute approximate surface area is 193 Å². The molecule has 33 heavy (non-hydrogen) atoms. The molecule has 4 fully saturated rings. The molecular weight excluding hydrogens is 416 g/mol. The second-order valence-electron chi connectivity index (χ2n) is 10.6. The van der Waals surface area contributed by atoms with Crippen molar-refractivity contribution in [2.24, 2.45) is 28.2 Å². The zero-order valence-electron chi connectivity index (χ0n) is 19.1. The fourth-order valence-corrected chi connectivity index (χ4v) is 6.58. The Hall–Kier alpha value is -2.98. The van der Waals surface area contributed by atoms with Gasteiger partial charge in [0, 0.05) is 11.4 Å². The number of aromatic nitrogens is 1. The van der Waals surface area contributed by atoms with E-state index in [2.05, 4.69) is 15.3 Å². The van der Waals surface area contributed by atoms with Crippen LogP contribution in [0.25, 0.3) is 10.9 Å². The lowest BCUT2D eigenvalue weighted by Gasteiger charge is -2.58. The van der Waals surface area contributed by atoms with Crippen LogP contribution in [0.3, 0.4) is 0 Å². The highest BCUT2D eigenvalue weighted by molar-refractivity contribution is 5.91. The number of benzene rings is 1. The molecule has 6 rings (SSSR count). The van der Waals surface area contributed by atoms with Gasteiger partial charge < -0.3 is 15.2 Å². The second kappa shape index (κ2) is 8.11. The van der Waals surface area contributed by atoms with Gasteiger partial charge >= 0.3 is 5.97 Å². The highest BCUT2D eigenvalue weighted by Crippen LogP contribution is 2.60. The maximum atomic E-state index is 12.0. The molecule has 4 aliphatic rings. The van der Waals surface area contributed by atoms with Gasteiger partial charge in [-0.3, -0.25) is 9.78 Å². The monoisotopic (exact) mass is 446 g/mol. The highest BCUT2D eigenvalue weighted by atomic mass is 16.5. The van der Waals surface area contributed by atoms with Gasteiger partial charge in [0.1, 0.15) is 11.4 Å². The average Bonchev–Trinajstić information content (AvgIpc) is 2.78. The van der Waals surface area contributed by atoms with Gasteiger partial charge in [-0.05, 0) is 75.8 Å². The van der Waals surface area contributed by atoms with Crippen LogP contribution in [0.5, 0.6) is 0 Å². The number of aliphatic carboxylic acids is 1. The van der Waals surface area contributed by atoms with E-state index < -0.39 is 17.0 Å². The summed E-state index contributed by atoms with van der Waals surface area (Å²) in [5.74, 6) is 0.935. The molecule has 0 spiro atoms. The SMILES string of the molecule is CC(C)(OCc1ccc2ccccc2n1)/C(=N\C#N)NC1C2CC3CC1CC(C(=O)O)(C3)C2. The number of nitrogens with zero attached hydrogens (tertiary/aromatic N) is 3. The van der Waals surface area contributed by atoms with Crippen molar-refractivity contribution in [2.75, 3.05) is 0 Å². The van der Waals surface area contributed by atoms with Crippen LogP contribution in [0.1, 0.15) is 51.6 Å². The summed E-state index contributed by atoms with van der Waals surface area (Å²) in [7, 11) is 0. The summed E-state index contributed by atoms with van der Waals surface area (Å²) in [6.45, 7) is 4.11. The Morgan fingerprint density at radius 2 is 1.97 bits per heavy atom. The fraction of sp³-hybridized carbons (Fsp3) is 0.538. The predicted molar refractivity (Wildman–Crippen MR) is 124 cm³/mol. The first-order valence-electron chi connectivity index (χ1n) is 11.8. The molecule has 2 atom stereocenters. The van der Waals surface area contributed by atoms with E-state index in [4.69, 9.17) is 4.74 Å². The molecule has 0 saturated heterocycles. The van der Waals surface area contributed by atoms with E-state index in [9.17, 15) is 15.2 Å². The van der Waals surface area contributed by atoms with E-state index in [1.54, 1.807) is 0 Å². The third-order valence-corrected chi connectivity index (χ3v) is 8.00. The summed E-state index contributed by atoms with van der Waals surface area (Å²) in [6, 6.07) is 12.1. The summed E-state index contributed by atoms with van der Waals surface area (Å²) in [5, 5.41) is 23.9. The van der Waals surface area contributed by atoms with Crippen LogP contribution in [0.15, 0.2) is 41.4 Å². The molecule has 1 aromatic heterocycles. The number of aliphatic imine (C=N–C) groups is 1. The molecule has 0 aliphatic heterocycles. The maximum Gasteiger partial charge on any atom is 0.309 e. The number of hydrogen-bond acceptors (Lipinski definition) is 5. The number of nitriles is 1. The maximum absolute atomic E-state index is 12.0. The molecule has 4 bridgehead atoms. The van der Waals surface area contributed by atoms with E-state index in [1.165, 1.54) is 0 Å². The molecule has 0 radical (unpaired) electrons. The van der Waals surface area contributed by atoms with E-state index in [1.807, 2.05) is 56.4 Å². The molecule has 2 N–H and O–H groups in total. The quantitative estimate of drug-likeness (QED) is 0.390. The van der Waals surface area contributed by atoms with Gasteiger partial charge in [0.05, 0.1) is 23.2 Å². The molecule has 2 unspecified atom stereocenters. The first-order valence-corrected chi connectivity index (χ1v) is 11.8. The smallest absolute Gasteiger partial charge is 0.309 e. The predicted octanol–water partition coefficient (Wildman–Crippen LogP) is 4.28. The van der Waals surface area contributed by atoms with Crippen LogP contribution in [-0.2, 0) is 16.1 Å². The molecule has 4 aliphatic carbocycles. The fourth-order valence-electron chi connectivity index (χ4n) is 6.58. The van der Waals surface area contributed by atoms with Crippen LogP contribution in [0.2, 0.25) is 0 Å². The van der Waals surface area contributed by atoms with E-state index in [-0.39, 0.29) is 17.9 Å². The third-order valence-electron chi connectivity index (χ3n) is 8.00. The number of carboxylic acids is 1. The Kier molecular flexibility index (Phi) is 5.37. The topological polar surface area (TPSA) is 108 Å². The van der Waals surface area contributed by atoms with Gasteiger partial charge in [-0.25, -0.2) is 0 Å². The standard InChI is InChI=1S/C26H30N4O3/c1-25(2,33-14-20-8-7-17-5-3-4-6-21(17)29-20)23(28-15-27)30-22-18-9-16-10-19(22)13-26(11-16,12-18)24(31)32/h3-8,16,18-19,22H,9-14H2,1-2H3,(H,28,30)(H,31,32). The molecule has 1 aromatic carbocycles. The number of fused-ring (bicyclic) bond motifs is 1. The van der Waals surface area contributed by atoms with Gasteiger partial charge in [0.15, 0.2) is 0 Å². The number of para-hydroxylation sites is 1. The van der Waals surface area contributed by atoms with Crippen LogP contribution in [-0.4, -0.2) is 33.5 Å². The highest BCUT2D eigenvalue weighted by Gasteiger charge is 2.59. The van der Waals surface area contributed by atoms with Gasteiger partial charge in [-0.15, -0.1) is 0 Å². The molecule has 2 aromatic rings. The zero-order valence-corrected chi connectivity index (χ0v) is 19.1. The molecule has 1 heterocycles. The summed E-state index contributed by atoms with van der Waals surface area (Å²) >= 11 is 0. The number of carboxylic acid groups (broad SMARTS) is 1. The first-order chi connectivity index (χ1) is 15.8. The van der Waals surface area contributed by atoms with Gasteiger partial charge in [0.25, 0.3) is 0 Å². The van der Waals surface area contributed by atoms with Crippen molar-refractivity contribution in [1.29, 1.82) is 5.26 Å². The molecule has 4 saturated carbocycles. The van der Waals surface area contributed by atoms with Crippen molar-refractivity contribution >= 4 is 22.7 Å². The van der Waals surface area contributed by atoms with Crippen molar-refractivity contribution in [3.63, 3.8) is 0 Å². The number of hydrogen-bond donors (Lipinski definition) is 2.